The largest absolute Gasteiger partial charge is 0.312 e. The first-order chi connectivity index (χ1) is 8.88. The Morgan fingerprint density at radius 3 is 2.67 bits per heavy atom. The SMILES string of the molecule is CNC(CNC1CC1)c1cccc2ccccc12. The van der Waals surface area contributed by atoms with Crippen LogP contribution in [-0.2, 0) is 0 Å². The average Bonchev–Trinajstić information content (AvgIpc) is 3.24. The fourth-order valence-electron chi connectivity index (χ4n) is 2.49. The van der Waals surface area contributed by atoms with E-state index in [9.17, 15) is 0 Å². The Balaban J connectivity index is 1.89. The molecule has 1 aliphatic carbocycles. The van der Waals surface area contributed by atoms with Crippen LogP contribution in [0.4, 0.5) is 0 Å². The molecule has 1 saturated carbocycles. The molecular formula is C16H20N2. The van der Waals surface area contributed by atoms with Crippen molar-refractivity contribution < 1.29 is 0 Å². The second-order valence-electron chi connectivity index (χ2n) is 5.09. The first-order valence-electron chi connectivity index (χ1n) is 6.77. The molecule has 2 aromatic rings. The third-order valence-corrected chi connectivity index (χ3v) is 3.74. The Bertz CT molecular complexity index is 526. The first-order valence-corrected chi connectivity index (χ1v) is 6.77. The van der Waals surface area contributed by atoms with E-state index in [4.69, 9.17) is 0 Å². The molecule has 2 heteroatoms. The number of benzene rings is 2. The number of rotatable bonds is 5. The van der Waals surface area contributed by atoms with E-state index >= 15 is 0 Å². The van der Waals surface area contributed by atoms with Crippen LogP contribution in [-0.4, -0.2) is 19.6 Å². The van der Waals surface area contributed by atoms with Gasteiger partial charge in [0, 0.05) is 18.6 Å². The topological polar surface area (TPSA) is 24.1 Å². The molecule has 1 unspecified atom stereocenters. The predicted molar refractivity (Wildman–Crippen MR) is 76.8 cm³/mol. The lowest BCUT2D eigenvalue weighted by molar-refractivity contribution is 0.529. The summed E-state index contributed by atoms with van der Waals surface area (Å²) in [6.45, 7) is 1.01. The third-order valence-electron chi connectivity index (χ3n) is 3.74. The van der Waals surface area contributed by atoms with Gasteiger partial charge in [-0.3, -0.25) is 0 Å². The molecule has 2 nitrogen and oxygen atoms in total. The van der Waals surface area contributed by atoms with Crippen molar-refractivity contribution in [2.24, 2.45) is 0 Å². The van der Waals surface area contributed by atoms with Crippen molar-refractivity contribution in [1.29, 1.82) is 0 Å². The van der Waals surface area contributed by atoms with Crippen LogP contribution in [0.1, 0.15) is 24.4 Å². The van der Waals surface area contributed by atoms with Gasteiger partial charge in [0.25, 0.3) is 0 Å². The molecule has 0 bridgehead atoms. The van der Waals surface area contributed by atoms with Crippen molar-refractivity contribution in [2.45, 2.75) is 24.9 Å². The maximum atomic E-state index is 3.61. The van der Waals surface area contributed by atoms with Crippen LogP contribution < -0.4 is 10.6 Å². The van der Waals surface area contributed by atoms with Crippen LogP contribution in [0, 0.1) is 0 Å². The van der Waals surface area contributed by atoms with Gasteiger partial charge in [-0.2, -0.15) is 0 Å². The molecule has 2 aromatic carbocycles. The molecule has 2 N–H and O–H groups in total. The van der Waals surface area contributed by atoms with Gasteiger partial charge >= 0.3 is 0 Å². The summed E-state index contributed by atoms with van der Waals surface area (Å²) in [4.78, 5) is 0. The van der Waals surface area contributed by atoms with Crippen LogP contribution in [0.15, 0.2) is 42.5 Å². The van der Waals surface area contributed by atoms with Gasteiger partial charge in [-0.25, -0.2) is 0 Å². The van der Waals surface area contributed by atoms with E-state index in [2.05, 4.69) is 53.1 Å². The summed E-state index contributed by atoms with van der Waals surface area (Å²) in [7, 11) is 2.04. The zero-order valence-electron chi connectivity index (χ0n) is 10.8. The zero-order chi connectivity index (χ0) is 12.4. The van der Waals surface area contributed by atoms with E-state index in [1.807, 2.05) is 7.05 Å². The Morgan fingerprint density at radius 2 is 1.89 bits per heavy atom. The van der Waals surface area contributed by atoms with Crippen LogP contribution in [0.5, 0.6) is 0 Å². The lowest BCUT2D eigenvalue weighted by Gasteiger charge is -2.19. The van der Waals surface area contributed by atoms with Crippen LogP contribution >= 0.6 is 0 Å². The summed E-state index contributed by atoms with van der Waals surface area (Å²) in [5.74, 6) is 0. The number of hydrogen-bond donors (Lipinski definition) is 2. The van der Waals surface area contributed by atoms with Gasteiger partial charge in [0.05, 0.1) is 0 Å². The summed E-state index contributed by atoms with van der Waals surface area (Å²) in [5, 5.41) is 9.72. The maximum Gasteiger partial charge on any atom is 0.0450 e. The van der Waals surface area contributed by atoms with E-state index in [-0.39, 0.29) is 0 Å². The summed E-state index contributed by atoms with van der Waals surface area (Å²) in [5.41, 5.74) is 1.39. The Hall–Kier alpha value is -1.38. The zero-order valence-corrected chi connectivity index (χ0v) is 10.8. The van der Waals surface area contributed by atoms with Crippen molar-refractivity contribution >= 4 is 10.8 Å². The summed E-state index contributed by atoms with van der Waals surface area (Å²) in [6.07, 6.45) is 2.68. The van der Waals surface area contributed by atoms with Gasteiger partial charge in [0.15, 0.2) is 0 Å². The Kier molecular flexibility index (Phi) is 3.31. The van der Waals surface area contributed by atoms with Gasteiger partial charge in [-0.1, -0.05) is 42.5 Å². The van der Waals surface area contributed by atoms with Gasteiger partial charge in [-0.15, -0.1) is 0 Å². The molecule has 0 radical (unpaired) electrons. The summed E-state index contributed by atoms with van der Waals surface area (Å²) in [6, 6.07) is 16.3. The number of hydrogen-bond acceptors (Lipinski definition) is 2. The first kappa shape index (κ1) is 11.7. The van der Waals surface area contributed by atoms with E-state index in [1.165, 1.54) is 29.2 Å². The lowest BCUT2D eigenvalue weighted by atomic mass is 9.99. The Morgan fingerprint density at radius 1 is 1.11 bits per heavy atom. The highest BCUT2D eigenvalue weighted by Gasteiger charge is 2.22. The van der Waals surface area contributed by atoms with Crippen molar-refractivity contribution in [3.05, 3.63) is 48.0 Å². The highest BCUT2D eigenvalue weighted by molar-refractivity contribution is 5.86. The molecule has 1 fully saturated rings. The van der Waals surface area contributed by atoms with Crippen molar-refractivity contribution in [3.63, 3.8) is 0 Å². The number of fused-ring (bicyclic) bond motifs is 1. The van der Waals surface area contributed by atoms with Crippen LogP contribution in [0.25, 0.3) is 10.8 Å². The predicted octanol–water partition coefficient (Wildman–Crippen LogP) is 2.85. The minimum absolute atomic E-state index is 0.386. The van der Waals surface area contributed by atoms with Gasteiger partial charge < -0.3 is 10.6 Å². The minimum atomic E-state index is 0.386. The molecule has 0 saturated heterocycles. The highest BCUT2D eigenvalue weighted by Crippen LogP contribution is 2.25. The molecule has 0 heterocycles. The molecule has 94 valence electrons. The second kappa shape index (κ2) is 5.09. The monoisotopic (exact) mass is 240 g/mol. The van der Waals surface area contributed by atoms with Gasteiger partial charge in [0.2, 0.25) is 0 Å². The van der Waals surface area contributed by atoms with Crippen molar-refractivity contribution in [3.8, 4) is 0 Å². The third kappa shape index (κ3) is 2.40. The minimum Gasteiger partial charge on any atom is -0.312 e. The van der Waals surface area contributed by atoms with Gasteiger partial charge in [0.1, 0.15) is 0 Å². The second-order valence-corrected chi connectivity index (χ2v) is 5.09. The normalized spacial score (nSPS) is 16.9. The summed E-state index contributed by atoms with van der Waals surface area (Å²) < 4.78 is 0. The summed E-state index contributed by atoms with van der Waals surface area (Å²) >= 11 is 0. The lowest BCUT2D eigenvalue weighted by Crippen LogP contribution is -2.30. The van der Waals surface area contributed by atoms with E-state index in [0.717, 1.165) is 12.6 Å². The molecule has 0 aliphatic heterocycles. The maximum absolute atomic E-state index is 3.61. The molecule has 0 amide bonds. The van der Waals surface area contributed by atoms with Crippen molar-refractivity contribution in [1.82, 2.24) is 10.6 Å². The molecule has 3 rings (SSSR count). The van der Waals surface area contributed by atoms with E-state index < -0.39 is 0 Å². The quantitative estimate of drug-likeness (QED) is 0.839. The fourth-order valence-corrected chi connectivity index (χ4v) is 2.49. The Labute approximate surface area is 108 Å². The van der Waals surface area contributed by atoms with Crippen LogP contribution in [0.2, 0.25) is 0 Å². The molecule has 0 aromatic heterocycles. The number of likely N-dealkylation sites (N-methyl/N-ethyl adjacent to an activating group) is 1. The van der Waals surface area contributed by atoms with Gasteiger partial charge in [-0.05, 0) is 36.2 Å². The van der Waals surface area contributed by atoms with E-state index in [0.29, 0.717) is 6.04 Å². The highest BCUT2D eigenvalue weighted by atomic mass is 15.0. The standard InChI is InChI=1S/C16H20N2/c1-17-16(11-18-13-9-10-13)15-8-4-6-12-5-2-3-7-14(12)15/h2-8,13,16-18H,9-11H2,1H3. The van der Waals surface area contributed by atoms with Crippen molar-refractivity contribution in [2.75, 3.05) is 13.6 Å². The molecule has 1 atom stereocenters. The molecule has 18 heavy (non-hydrogen) atoms. The smallest absolute Gasteiger partial charge is 0.0450 e. The van der Waals surface area contributed by atoms with E-state index in [1.54, 1.807) is 0 Å². The van der Waals surface area contributed by atoms with Crippen LogP contribution in [0.3, 0.4) is 0 Å². The fraction of sp³-hybridized carbons (Fsp3) is 0.375. The molecular weight excluding hydrogens is 220 g/mol. The molecule has 1 aliphatic rings. The number of nitrogens with one attached hydrogen (secondary N) is 2. The molecule has 0 spiro atoms. The average molecular weight is 240 g/mol.